The lowest BCUT2D eigenvalue weighted by Crippen LogP contribution is -2.38. The van der Waals surface area contributed by atoms with Gasteiger partial charge in [-0.3, -0.25) is 9.99 Å². The van der Waals surface area contributed by atoms with Crippen molar-refractivity contribution in [1.82, 2.24) is 20.0 Å². The van der Waals surface area contributed by atoms with Crippen LogP contribution in [0.2, 0.25) is 0 Å². The van der Waals surface area contributed by atoms with Gasteiger partial charge in [0.05, 0.1) is 5.69 Å². The minimum atomic E-state index is -4.65. The van der Waals surface area contributed by atoms with Crippen molar-refractivity contribution in [3.8, 4) is 5.69 Å². The van der Waals surface area contributed by atoms with Crippen LogP contribution >= 0.6 is 0 Å². The maximum atomic E-state index is 12.2. The van der Waals surface area contributed by atoms with Crippen molar-refractivity contribution in [1.29, 1.82) is 0 Å². The molecule has 9 heteroatoms. The number of alkyl halides is 3. The molecule has 0 aliphatic heterocycles. The fraction of sp³-hybridized carbons (Fsp3) is 0.357. The van der Waals surface area contributed by atoms with E-state index in [4.69, 9.17) is 0 Å². The Bertz CT molecular complexity index is 720. The van der Waals surface area contributed by atoms with Crippen LogP contribution in [0.25, 0.3) is 5.69 Å². The number of hydrogen-bond acceptors (Lipinski definition) is 5. The minimum absolute atomic E-state index is 0.449. The molecule has 0 atom stereocenters. The Morgan fingerprint density at radius 1 is 1.17 bits per heavy atom. The van der Waals surface area contributed by atoms with E-state index >= 15 is 0 Å². The Kier molecular flexibility index (Phi) is 4.99. The van der Waals surface area contributed by atoms with Crippen LogP contribution in [0.5, 0.6) is 0 Å². The third-order valence-corrected chi connectivity index (χ3v) is 3.23. The third-order valence-electron chi connectivity index (χ3n) is 3.23. The zero-order valence-electron chi connectivity index (χ0n) is 12.6. The zero-order valence-corrected chi connectivity index (χ0v) is 12.6. The third kappa shape index (κ3) is 4.07. The Morgan fingerprint density at radius 3 is 2.26 bits per heavy atom. The van der Waals surface area contributed by atoms with Gasteiger partial charge in [-0.25, -0.2) is 9.78 Å². The van der Waals surface area contributed by atoms with Crippen LogP contribution in [0.3, 0.4) is 0 Å². The molecule has 1 aromatic heterocycles. The predicted molar refractivity (Wildman–Crippen MR) is 79.2 cm³/mol. The summed E-state index contributed by atoms with van der Waals surface area (Å²) < 4.78 is 37.5. The highest BCUT2D eigenvalue weighted by Gasteiger charge is 2.27. The van der Waals surface area contributed by atoms with E-state index in [1.54, 1.807) is 5.43 Å². The standard InChI is InChI=1S/C14H16F3N5O/c1-3-9-6-5-7-10(4-2)11(9)22-8-18-12(19-13(22)23)20-21-14(15,16)17/h5-8,21H,3-4H2,1-2H3,(H,19,20,23). The Morgan fingerprint density at radius 2 is 1.78 bits per heavy atom. The van der Waals surface area contributed by atoms with Crippen molar-refractivity contribution in [2.24, 2.45) is 0 Å². The monoisotopic (exact) mass is 327 g/mol. The van der Waals surface area contributed by atoms with Gasteiger partial charge in [0.15, 0.2) is 0 Å². The van der Waals surface area contributed by atoms with Crippen LogP contribution < -0.4 is 16.5 Å². The summed E-state index contributed by atoms with van der Waals surface area (Å²) in [5.41, 5.74) is 4.64. The molecule has 23 heavy (non-hydrogen) atoms. The van der Waals surface area contributed by atoms with Crippen molar-refractivity contribution in [3.05, 3.63) is 46.1 Å². The number of nitrogens with one attached hydrogen (secondary N) is 2. The lowest BCUT2D eigenvalue weighted by atomic mass is 10.0. The molecular formula is C14H16F3N5O. The van der Waals surface area contributed by atoms with Crippen LogP contribution in [-0.2, 0) is 12.8 Å². The molecule has 0 saturated carbocycles. The molecule has 0 aliphatic carbocycles. The molecular weight excluding hydrogens is 311 g/mol. The number of halogens is 3. The average Bonchev–Trinajstić information content (AvgIpc) is 2.51. The average molecular weight is 327 g/mol. The number of nitrogens with zero attached hydrogens (tertiary/aromatic N) is 3. The first kappa shape index (κ1) is 16.9. The summed E-state index contributed by atoms with van der Waals surface area (Å²) in [5, 5.41) is 0. The van der Waals surface area contributed by atoms with E-state index < -0.39 is 17.9 Å². The van der Waals surface area contributed by atoms with Crippen molar-refractivity contribution >= 4 is 5.95 Å². The summed E-state index contributed by atoms with van der Waals surface area (Å²) in [5.74, 6) is -0.449. The van der Waals surface area contributed by atoms with Gasteiger partial charge in [-0.15, -0.1) is 5.43 Å². The summed E-state index contributed by atoms with van der Waals surface area (Å²) in [6, 6.07) is 5.67. The van der Waals surface area contributed by atoms with Gasteiger partial charge in [-0.1, -0.05) is 32.0 Å². The van der Waals surface area contributed by atoms with Crippen molar-refractivity contribution < 1.29 is 13.2 Å². The van der Waals surface area contributed by atoms with E-state index in [1.807, 2.05) is 32.0 Å². The van der Waals surface area contributed by atoms with Crippen LogP contribution in [0, 0.1) is 0 Å². The fourth-order valence-electron chi connectivity index (χ4n) is 2.20. The lowest BCUT2D eigenvalue weighted by Gasteiger charge is -2.15. The molecule has 0 radical (unpaired) electrons. The molecule has 0 fully saturated rings. The maximum Gasteiger partial charge on any atom is 0.474 e. The molecule has 6 nitrogen and oxygen atoms in total. The lowest BCUT2D eigenvalue weighted by molar-refractivity contribution is -0.151. The van der Waals surface area contributed by atoms with E-state index in [-0.39, 0.29) is 0 Å². The van der Waals surface area contributed by atoms with Gasteiger partial charge in [0, 0.05) is 0 Å². The Balaban J connectivity index is 2.41. The van der Waals surface area contributed by atoms with Crippen LogP contribution in [-0.4, -0.2) is 20.8 Å². The molecule has 2 N–H and O–H groups in total. The molecule has 0 unspecified atom stereocenters. The number of aryl methyl sites for hydroxylation is 2. The normalized spacial score (nSPS) is 11.5. The highest BCUT2D eigenvalue weighted by Crippen LogP contribution is 2.19. The number of benzene rings is 1. The van der Waals surface area contributed by atoms with Crippen molar-refractivity contribution in [2.75, 3.05) is 5.43 Å². The van der Waals surface area contributed by atoms with Gasteiger partial charge in [0.2, 0.25) is 5.95 Å². The fourth-order valence-corrected chi connectivity index (χ4v) is 2.20. The molecule has 0 amide bonds. The van der Waals surface area contributed by atoms with Gasteiger partial charge in [-0.2, -0.15) is 18.2 Å². The molecule has 0 aliphatic rings. The van der Waals surface area contributed by atoms with Gasteiger partial charge in [0.25, 0.3) is 0 Å². The molecule has 1 aromatic carbocycles. The minimum Gasteiger partial charge on any atom is -0.282 e. The van der Waals surface area contributed by atoms with Gasteiger partial charge < -0.3 is 0 Å². The summed E-state index contributed by atoms with van der Waals surface area (Å²) in [6.45, 7) is 3.90. The van der Waals surface area contributed by atoms with E-state index in [1.165, 1.54) is 10.9 Å². The SMILES string of the molecule is CCc1cccc(CC)c1-n1cnc(NNC(F)(F)F)nc1=O. The second-order valence-corrected chi connectivity index (χ2v) is 4.71. The van der Waals surface area contributed by atoms with Gasteiger partial charge in [0.1, 0.15) is 6.33 Å². The topological polar surface area (TPSA) is 71.8 Å². The largest absolute Gasteiger partial charge is 0.474 e. The molecule has 124 valence electrons. The Hall–Kier alpha value is -2.42. The number of hydrogen-bond donors (Lipinski definition) is 2. The first-order valence-electron chi connectivity index (χ1n) is 7.02. The van der Waals surface area contributed by atoms with E-state index in [2.05, 4.69) is 9.97 Å². The smallest absolute Gasteiger partial charge is 0.282 e. The molecule has 0 bridgehead atoms. The maximum absolute atomic E-state index is 12.2. The van der Waals surface area contributed by atoms with E-state index in [9.17, 15) is 18.0 Å². The molecule has 2 aromatic rings. The summed E-state index contributed by atoms with van der Waals surface area (Å²) in [7, 11) is 0. The second kappa shape index (κ2) is 6.78. The molecule has 0 saturated heterocycles. The Labute approximate surface area is 130 Å². The van der Waals surface area contributed by atoms with Crippen molar-refractivity contribution in [3.63, 3.8) is 0 Å². The number of para-hydroxylation sites is 1. The first-order valence-corrected chi connectivity index (χ1v) is 7.02. The predicted octanol–water partition coefficient (Wildman–Crippen LogP) is 2.19. The molecule has 0 spiro atoms. The van der Waals surface area contributed by atoms with E-state index in [0.717, 1.165) is 16.6 Å². The number of aromatic nitrogens is 3. The van der Waals surface area contributed by atoms with Gasteiger partial charge in [-0.05, 0) is 24.0 Å². The van der Waals surface area contributed by atoms with Crippen LogP contribution in [0.15, 0.2) is 29.3 Å². The molecule has 1 heterocycles. The van der Waals surface area contributed by atoms with Gasteiger partial charge >= 0.3 is 12.0 Å². The summed E-state index contributed by atoms with van der Waals surface area (Å²) in [6.07, 6.45) is -2.08. The van der Waals surface area contributed by atoms with Crippen LogP contribution in [0.4, 0.5) is 19.1 Å². The van der Waals surface area contributed by atoms with E-state index in [0.29, 0.717) is 18.5 Å². The highest BCUT2D eigenvalue weighted by atomic mass is 19.4. The summed E-state index contributed by atoms with van der Waals surface area (Å²) >= 11 is 0. The first-order chi connectivity index (χ1) is 10.9. The quantitative estimate of drug-likeness (QED) is 0.651. The number of anilines is 1. The zero-order chi connectivity index (χ0) is 17.0. The van der Waals surface area contributed by atoms with Crippen LogP contribution in [0.1, 0.15) is 25.0 Å². The molecule has 2 rings (SSSR count). The number of hydrazine groups is 1. The summed E-state index contributed by atoms with van der Waals surface area (Å²) in [4.78, 5) is 19.4. The second-order valence-electron chi connectivity index (χ2n) is 4.71. The number of rotatable bonds is 5. The van der Waals surface area contributed by atoms with Crippen molar-refractivity contribution in [2.45, 2.75) is 33.0 Å². The highest BCUT2D eigenvalue weighted by molar-refractivity contribution is 5.48.